The number of nitrogens with one attached hydrogen (secondary N) is 1. The van der Waals surface area contributed by atoms with E-state index in [1.807, 2.05) is 18.4 Å². The quantitative estimate of drug-likeness (QED) is 0.589. The smallest absolute Gasteiger partial charge is 0.0672 e. The minimum absolute atomic E-state index is 0.645. The van der Waals surface area contributed by atoms with E-state index in [1.54, 1.807) is 11.3 Å². The fourth-order valence-corrected chi connectivity index (χ4v) is 2.09. The average Bonchev–Trinajstić information content (AvgIpc) is 2.57. The summed E-state index contributed by atoms with van der Waals surface area (Å²) in [7, 11) is 0. The Balaban J connectivity index is 2.00. The second-order valence-electron chi connectivity index (χ2n) is 3.42. The van der Waals surface area contributed by atoms with Crippen LogP contribution in [-0.2, 0) is 11.3 Å². The highest BCUT2D eigenvalue weighted by atomic mass is 35.5. The fraction of sp³-hybridized carbons (Fsp3) is 0.455. The molecule has 0 atom stereocenters. The molecule has 0 amide bonds. The first-order valence-electron chi connectivity index (χ1n) is 4.84. The van der Waals surface area contributed by atoms with E-state index in [0.29, 0.717) is 13.2 Å². The second-order valence-corrected chi connectivity index (χ2v) is 4.85. The van der Waals surface area contributed by atoms with Crippen molar-refractivity contribution in [3.63, 3.8) is 0 Å². The standard InChI is InChI=1S/C11H16ClNOS/c1-9(2)7-14-4-3-13-6-11-5-10(12)8-15-11/h5,8,13H,1,3-4,6-7H2,2H3. The van der Waals surface area contributed by atoms with Gasteiger partial charge in [0.1, 0.15) is 0 Å². The van der Waals surface area contributed by atoms with Gasteiger partial charge in [0.25, 0.3) is 0 Å². The van der Waals surface area contributed by atoms with Crippen molar-refractivity contribution in [2.24, 2.45) is 0 Å². The molecule has 15 heavy (non-hydrogen) atoms. The molecule has 1 heterocycles. The molecule has 0 aromatic carbocycles. The molecular formula is C11H16ClNOS. The zero-order valence-electron chi connectivity index (χ0n) is 8.88. The zero-order chi connectivity index (χ0) is 11.1. The minimum atomic E-state index is 0.645. The largest absolute Gasteiger partial charge is 0.376 e. The van der Waals surface area contributed by atoms with E-state index in [4.69, 9.17) is 16.3 Å². The van der Waals surface area contributed by atoms with Gasteiger partial charge < -0.3 is 10.1 Å². The Morgan fingerprint density at radius 1 is 1.67 bits per heavy atom. The molecule has 0 fully saturated rings. The van der Waals surface area contributed by atoms with Gasteiger partial charge in [-0.05, 0) is 13.0 Å². The van der Waals surface area contributed by atoms with Gasteiger partial charge in [0.15, 0.2) is 0 Å². The van der Waals surface area contributed by atoms with Crippen LogP contribution in [0, 0.1) is 0 Å². The lowest BCUT2D eigenvalue weighted by molar-refractivity contribution is 0.158. The zero-order valence-corrected chi connectivity index (χ0v) is 10.5. The molecule has 0 radical (unpaired) electrons. The molecule has 1 N–H and O–H groups in total. The van der Waals surface area contributed by atoms with Crippen LogP contribution in [0.3, 0.4) is 0 Å². The highest BCUT2D eigenvalue weighted by Crippen LogP contribution is 2.18. The Hall–Kier alpha value is -0.350. The molecule has 0 saturated heterocycles. The van der Waals surface area contributed by atoms with E-state index in [-0.39, 0.29) is 0 Å². The van der Waals surface area contributed by atoms with Gasteiger partial charge in [0.2, 0.25) is 0 Å². The summed E-state index contributed by atoms with van der Waals surface area (Å²) in [5.74, 6) is 0. The fourth-order valence-electron chi connectivity index (χ4n) is 1.05. The van der Waals surface area contributed by atoms with E-state index in [9.17, 15) is 0 Å². The first-order chi connectivity index (χ1) is 7.18. The monoisotopic (exact) mass is 245 g/mol. The highest BCUT2D eigenvalue weighted by molar-refractivity contribution is 7.10. The van der Waals surface area contributed by atoms with Crippen molar-refractivity contribution in [1.29, 1.82) is 0 Å². The maximum absolute atomic E-state index is 5.81. The summed E-state index contributed by atoms with van der Waals surface area (Å²) in [6.07, 6.45) is 0. The lowest BCUT2D eigenvalue weighted by atomic mass is 10.4. The molecule has 0 aliphatic rings. The molecule has 0 aliphatic carbocycles. The third-order valence-corrected chi connectivity index (χ3v) is 2.98. The summed E-state index contributed by atoms with van der Waals surface area (Å²) in [5, 5.41) is 6.04. The number of hydrogen-bond acceptors (Lipinski definition) is 3. The van der Waals surface area contributed by atoms with E-state index in [2.05, 4.69) is 11.9 Å². The molecule has 84 valence electrons. The SMILES string of the molecule is C=C(C)COCCNCc1cc(Cl)cs1. The summed E-state index contributed by atoms with van der Waals surface area (Å²) < 4.78 is 5.35. The maximum atomic E-state index is 5.81. The van der Waals surface area contributed by atoms with Gasteiger partial charge in [-0.1, -0.05) is 23.8 Å². The van der Waals surface area contributed by atoms with Gasteiger partial charge >= 0.3 is 0 Å². The van der Waals surface area contributed by atoms with Gasteiger partial charge in [0, 0.05) is 23.3 Å². The average molecular weight is 246 g/mol. The van der Waals surface area contributed by atoms with E-state index in [0.717, 1.165) is 23.7 Å². The van der Waals surface area contributed by atoms with Crippen LogP contribution in [0.15, 0.2) is 23.6 Å². The number of hydrogen-bond donors (Lipinski definition) is 1. The van der Waals surface area contributed by atoms with E-state index >= 15 is 0 Å². The van der Waals surface area contributed by atoms with Crippen molar-refractivity contribution in [2.75, 3.05) is 19.8 Å². The molecule has 1 aromatic rings. The summed E-state index contributed by atoms with van der Waals surface area (Å²) in [4.78, 5) is 1.25. The lowest BCUT2D eigenvalue weighted by Crippen LogP contribution is -2.19. The van der Waals surface area contributed by atoms with Gasteiger partial charge in [-0.15, -0.1) is 11.3 Å². The minimum Gasteiger partial charge on any atom is -0.376 e. The Bertz CT molecular complexity index is 311. The molecule has 4 heteroatoms. The number of thiophene rings is 1. The first-order valence-corrected chi connectivity index (χ1v) is 6.10. The molecule has 0 bridgehead atoms. The maximum Gasteiger partial charge on any atom is 0.0672 e. The third kappa shape index (κ3) is 5.95. The van der Waals surface area contributed by atoms with E-state index in [1.165, 1.54) is 4.88 Å². The van der Waals surface area contributed by atoms with E-state index < -0.39 is 0 Å². The van der Waals surface area contributed by atoms with Crippen LogP contribution in [0.2, 0.25) is 5.02 Å². The summed E-state index contributed by atoms with van der Waals surface area (Å²) in [5.41, 5.74) is 1.06. The summed E-state index contributed by atoms with van der Waals surface area (Å²) in [6.45, 7) is 8.79. The lowest BCUT2D eigenvalue weighted by Gasteiger charge is -2.04. The normalized spacial score (nSPS) is 10.5. The summed E-state index contributed by atoms with van der Waals surface area (Å²) in [6, 6.07) is 1.98. The Kier molecular flexibility index (Phi) is 5.95. The Labute approximate surface area is 99.9 Å². The van der Waals surface area contributed by atoms with Crippen molar-refractivity contribution >= 4 is 22.9 Å². The van der Waals surface area contributed by atoms with Crippen LogP contribution in [0.25, 0.3) is 0 Å². The van der Waals surface area contributed by atoms with Gasteiger partial charge in [-0.25, -0.2) is 0 Å². The van der Waals surface area contributed by atoms with Gasteiger partial charge in [-0.2, -0.15) is 0 Å². The molecule has 0 spiro atoms. The summed E-state index contributed by atoms with van der Waals surface area (Å²) >= 11 is 7.47. The molecule has 0 aliphatic heterocycles. The number of rotatable bonds is 7. The number of halogens is 1. The predicted octanol–water partition coefficient (Wildman–Crippen LogP) is 3.08. The number of ether oxygens (including phenoxy) is 1. The molecule has 1 aromatic heterocycles. The third-order valence-electron chi connectivity index (χ3n) is 1.69. The topological polar surface area (TPSA) is 21.3 Å². The second kappa shape index (κ2) is 7.01. The van der Waals surface area contributed by atoms with Crippen LogP contribution in [0.5, 0.6) is 0 Å². The predicted molar refractivity (Wildman–Crippen MR) is 66.7 cm³/mol. The van der Waals surface area contributed by atoms with Gasteiger partial charge in [0.05, 0.1) is 18.2 Å². The molecule has 0 saturated carbocycles. The van der Waals surface area contributed by atoms with Crippen molar-refractivity contribution in [2.45, 2.75) is 13.5 Å². The molecule has 1 rings (SSSR count). The van der Waals surface area contributed by atoms with Crippen LogP contribution < -0.4 is 5.32 Å². The molecule has 2 nitrogen and oxygen atoms in total. The molecule has 0 unspecified atom stereocenters. The van der Waals surface area contributed by atoms with Crippen LogP contribution in [0.1, 0.15) is 11.8 Å². The van der Waals surface area contributed by atoms with Gasteiger partial charge in [-0.3, -0.25) is 0 Å². The Morgan fingerprint density at radius 3 is 3.07 bits per heavy atom. The van der Waals surface area contributed by atoms with Crippen molar-refractivity contribution in [3.8, 4) is 0 Å². The highest BCUT2D eigenvalue weighted by Gasteiger charge is 1.96. The Morgan fingerprint density at radius 2 is 2.47 bits per heavy atom. The first kappa shape index (κ1) is 12.7. The van der Waals surface area contributed by atoms with Crippen molar-refractivity contribution in [3.05, 3.63) is 33.5 Å². The van der Waals surface area contributed by atoms with Crippen molar-refractivity contribution < 1.29 is 4.74 Å². The van der Waals surface area contributed by atoms with Crippen LogP contribution in [-0.4, -0.2) is 19.8 Å². The molecular weight excluding hydrogens is 230 g/mol. The van der Waals surface area contributed by atoms with Crippen LogP contribution >= 0.6 is 22.9 Å². The van der Waals surface area contributed by atoms with Crippen LogP contribution in [0.4, 0.5) is 0 Å². The van der Waals surface area contributed by atoms with Crippen molar-refractivity contribution in [1.82, 2.24) is 5.32 Å².